The molecule has 4 N–H and O–H groups in total. The average molecular weight is 398 g/mol. The molecule has 2 heterocycles. The molecule has 1 unspecified atom stereocenters. The third kappa shape index (κ3) is 4.71. The first-order valence-electron chi connectivity index (χ1n) is 9.36. The van der Waals surface area contributed by atoms with Crippen LogP contribution in [-0.2, 0) is 5.41 Å². The van der Waals surface area contributed by atoms with Gasteiger partial charge in [-0.3, -0.25) is 0 Å². The summed E-state index contributed by atoms with van der Waals surface area (Å²) < 4.78 is 5.40. The number of nitrogens with two attached hydrogens (primary N) is 1. The molecular formula is C21H31N7O. The molecule has 0 spiro atoms. The quantitative estimate of drug-likeness (QED) is 0.496. The second-order valence-electron chi connectivity index (χ2n) is 7.22. The molecule has 3 aromatic rings. The molecule has 0 aliphatic carbocycles. The highest BCUT2D eigenvalue weighted by molar-refractivity contribution is 5.62. The Hall–Kier alpha value is -3.00. The highest BCUT2D eigenvalue weighted by Crippen LogP contribution is 2.38. The molecule has 0 radical (unpaired) electrons. The summed E-state index contributed by atoms with van der Waals surface area (Å²) >= 11 is 0. The third-order valence-electron chi connectivity index (χ3n) is 5.19. The number of hydrogen-bond donors (Lipinski definition) is 3. The van der Waals surface area contributed by atoms with E-state index in [4.69, 9.17) is 10.3 Å². The van der Waals surface area contributed by atoms with Crippen molar-refractivity contribution in [2.24, 2.45) is 5.92 Å². The lowest BCUT2D eigenvalue weighted by atomic mass is 9.72. The summed E-state index contributed by atoms with van der Waals surface area (Å²) in [6.07, 6.45) is 3.45. The van der Waals surface area contributed by atoms with Crippen LogP contribution in [0.1, 0.15) is 39.6 Å². The second-order valence-corrected chi connectivity index (χ2v) is 7.22. The minimum absolute atomic E-state index is 0. The Labute approximate surface area is 172 Å². The van der Waals surface area contributed by atoms with Crippen LogP contribution in [0.4, 0.5) is 12.0 Å². The molecule has 8 nitrogen and oxygen atoms in total. The third-order valence-corrected chi connectivity index (χ3v) is 5.19. The van der Waals surface area contributed by atoms with Crippen LogP contribution in [0, 0.1) is 5.92 Å². The number of nitrogens with one attached hydrogen (secondary N) is 2. The number of nitrogen functional groups attached to an aromatic ring is 1. The zero-order valence-electron chi connectivity index (χ0n) is 16.7. The predicted octanol–water partition coefficient (Wildman–Crippen LogP) is 3.34. The van der Waals surface area contributed by atoms with Crippen LogP contribution < -0.4 is 16.4 Å². The van der Waals surface area contributed by atoms with Crippen molar-refractivity contribution < 1.29 is 4.52 Å². The van der Waals surface area contributed by atoms with Gasteiger partial charge in [-0.1, -0.05) is 50.7 Å². The maximum Gasteiger partial charge on any atom is 0.321 e. The van der Waals surface area contributed by atoms with E-state index >= 15 is 0 Å². The fraction of sp³-hybridized carbons (Fsp3) is 0.429. The number of likely N-dealkylation sites (N-methyl/N-ethyl adjacent to an activating group) is 1. The summed E-state index contributed by atoms with van der Waals surface area (Å²) in [5.74, 6) is 1.20. The van der Waals surface area contributed by atoms with Crippen LogP contribution in [-0.4, -0.2) is 40.2 Å². The molecular weight excluding hydrogens is 366 g/mol. The van der Waals surface area contributed by atoms with Crippen molar-refractivity contribution >= 4 is 12.0 Å². The van der Waals surface area contributed by atoms with Gasteiger partial charge in [-0.15, -0.1) is 0 Å². The Morgan fingerprint density at radius 3 is 2.31 bits per heavy atom. The van der Waals surface area contributed by atoms with E-state index in [1.54, 1.807) is 12.4 Å². The zero-order chi connectivity index (χ0) is 20.1. The first-order chi connectivity index (χ1) is 13.4. The molecule has 8 heteroatoms. The second kappa shape index (κ2) is 9.47. The topological polar surface area (TPSA) is 115 Å². The van der Waals surface area contributed by atoms with E-state index in [1.807, 2.05) is 7.05 Å². The summed E-state index contributed by atoms with van der Waals surface area (Å²) in [5.41, 5.74) is 8.24. The Bertz CT molecular complexity index is 890. The summed E-state index contributed by atoms with van der Waals surface area (Å²) in [5, 5.41) is 10.5. The Morgan fingerprint density at radius 2 is 1.72 bits per heavy atom. The summed E-state index contributed by atoms with van der Waals surface area (Å²) in [6.45, 7) is 7.99. The van der Waals surface area contributed by atoms with Crippen molar-refractivity contribution in [1.29, 1.82) is 0 Å². The average Bonchev–Trinajstić information content (AvgIpc) is 3.17. The maximum absolute atomic E-state index is 5.57. The first kappa shape index (κ1) is 22.3. The lowest BCUT2D eigenvalue weighted by Crippen LogP contribution is -2.31. The van der Waals surface area contributed by atoms with Crippen LogP contribution in [0.15, 0.2) is 41.2 Å². The molecule has 0 saturated heterocycles. The van der Waals surface area contributed by atoms with Gasteiger partial charge in [0, 0.05) is 31.0 Å². The van der Waals surface area contributed by atoms with Crippen LogP contribution in [0.3, 0.4) is 0 Å². The highest BCUT2D eigenvalue weighted by Gasteiger charge is 2.37. The smallest absolute Gasteiger partial charge is 0.321 e. The lowest BCUT2D eigenvalue weighted by molar-refractivity contribution is 0.351. The molecule has 1 atom stereocenters. The zero-order valence-corrected chi connectivity index (χ0v) is 16.7. The summed E-state index contributed by atoms with van der Waals surface area (Å²) in [6, 6.07) is 8.73. The van der Waals surface area contributed by atoms with Gasteiger partial charge in [0.05, 0.1) is 5.41 Å². The van der Waals surface area contributed by atoms with Gasteiger partial charge in [0.2, 0.25) is 5.95 Å². The summed E-state index contributed by atoms with van der Waals surface area (Å²) in [7, 11) is 1.90. The fourth-order valence-corrected chi connectivity index (χ4v) is 3.02. The van der Waals surface area contributed by atoms with Crippen LogP contribution in [0.25, 0.3) is 11.1 Å². The van der Waals surface area contributed by atoms with E-state index in [9.17, 15) is 0 Å². The normalized spacial score (nSPS) is 13.0. The standard InChI is InChI=1S/C20H27N7O.CH4/c1-13(2)20(3,17-26-19(28-27-17)23-10-9-22-4)16-7-5-14(6-8-16)15-11-24-18(21)25-12-15;/h5-8,11-13,22H,9-10H2,1-4H3,(H2,21,24,25)(H,23,26,27);1H4. The highest BCUT2D eigenvalue weighted by atomic mass is 16.5. The van der Waals surface area contributed by atoms with Crippen LogP contribution in [0.5, 0.6) is 0 Å². The van der Waals surface area contributed by atoms with Gasteiger partial charge in [0.1, 0.15) is 0 Å². The number of rotatable bonds is 8. The Balaban J connectivity index is 0.00000300. The Morgan fingerprint density at radius 1 is 1.07 bits per heavy atom. The number of nitrogens with zero attached hydrogens (tertiary/aromatic N) is 4. The molecule has 0 bridgehead atoms. The van der Waals surface area contributed by atoms with Crippen molar-refractivity contribution in [2.45, 2.75) is 33.6 Å². The summed E-state index contributed by atoms with van der Waals surface area (Å²) in [4.78, 5) is 12.7. The van der Waals surface area contributed by atoms with Crippen molar-refractivity contribution in [3.63, 3.8) is 0 Å². The number of hydrogen-bond acceptors (Lipinski definition) is 8. The number of aromatic nitrogens is 4. The van der Waals surface area contributed by atoms with Crippen LogP contribution >= 0.6 is 0 Å². The number of anilines is 2. The fourth-order valence-electron chi connectivity index (χ4n) is 3.02. The van der Waals surface area contributed by atoms with Gasteiger partial charge in [-0.25, -0.2) is 9.97 Å². The van der Waals surface area contributed by atoms with E-state index in [0.717, 1.165) is 29.8 Å². The molecule has 2 aromatic heterocycles. The van der Waals surface area contributed by atoms with Gasteiger partial charge in [0.25, 0.3) is 0 Å². The molecule has 0 aliphatic heterocycles. The molecule has 29 heavy (non-hydrogen) atoms. The maximum atomic E-state index is 5.57. The minimum atomic E-state index is -0.386. The van der Waals surface area contributed by atoms with Crippen LogP contribution in [0.2, 0.25) is 0 Å². The monoisotopic (exact) mass is 397 g/mol. The first-order valence-corrected chi connectivity index (χ1v) is 9.36. The van der Waals surface area contributed by atoms with Crippen molar-refractivity contribution in [3.05, 3.63) is 48.0 Å². The van der Waals surface area contributed by atoms with E-state index in [2.05, 4.69) is 75.8 Å². The Kier molecular flexibility index (Phi) is 7.28. The molecule has 0 amide bonds. The molecule has 0 saturated carbocycles. The minimum Gasteiger partial charge on any atom is -0.368 e. The largest absolute Gasteiger partial charge is 0.368 e. The molecule has 0 aliphatic rings. The van der Waals surface area contributed by atoms with E-state index in [-0.39, 0.29) is 24.7 Å². The number of benzene rings is 1. The van der Waals surface area contributed by atoms with Gasteiger partial charge < -0.3 is 20.9 Å². The molecule has 0 fully saturated rings. The van der Waals surface area contributed by atoms with E-state index in [1.165, 1.54) is 0 Å². The SMILES string of the molecule is C.CNCCNc1nc(C(C)(c2ccc(-c3cnc(N)nc3)cc2)C(C)C)no1. The molecule has 1 aromatic carbocycles. The molecule has 3 rings (SSSR count). The van der Waals surface area contributed by atoms with Crippen molar-refractivity contribution in [3.8, 4) is 11.1 Å². The van der Waals surface area contributed by atoms with Gasteiger partial charge in [-0.05, 0) is 31.0 Å². The lowest BCUT2D eigenvalue weighted by Gasteiger charge is -2.31. The van der Waals surface area contributed by atoms with Crippen molar-refractivity contribution in [1.82, 2.24) is 25.4 Å². The molecule has 156 valence electrons. The van der Waals surface area contributed by atoms with Crippen molar-refractivity contribution in [2.75, 3.05) is 31.2 Å². The van der Waals surface area contributed by atoms with Gasteiger partial charge >= 0.3 is 6.01 Å². The predicted molar refractivity (Wildman–Crippen MR) is 117 cm³/mol. The van der Waals surface area contributed by atoms with Gasteiger partial charge in [0.15, 0.2) is 5.82 Å². The van der Waals surface area contributed by atoms with E-state index < -0.39 is 0 Å². The van der Waals surface area contributed by atoms with E-state index in [0.29, 0.717) is 11.8 Å². The van der Waals surface area contributed by atoms with Gasteiger partial charge in [-0.2, -0.15) is 4.98 Å².